The Hall–Kier alpha value is -1.55. The van der Waals surface area contributed by atoms with Crippen molar-refractivity contribution in [2.45, 2.75) is 12.8 Å². The number of anilines is 1. The summed E-state index contributed by atoms with van der Waals surface area (Å²) in [6, 6.07) is 6.02. The second-order valence-electron chi connectivity index (χ2n) is 5.43. The monoisotopic (exact) mass is 261 g/mol. The van der Waals surface area contributed by atoms with Crippen LogP contribution in [0.25, 0.3) is 0 Å². The third-order valence-corrected chi connectivity index (χ3v) is 3.54. The van der Waals surface area contributed by atoms with Crippen LogP contribution in [0.1, 0.15) is 22.3 Å². The van der Waals surface area contributed by atoms with Gasteiger partial charge in [0.25, 0.3) is 5.91 Å². The summed E-state index contributed by atoms with van der Waals surface area (Å²) in [5.41, 5.74) is 3.32. The Balaban J connectivity index is 2.03. The summed E-state index contributed by atoms with van der Waals surface area (Å²) in [7, 11) is 6.11. The molecule has 0 unspecified atom stereocenters. The van der Waals surface area contributed by atoms with Crippen LogP contribution in [0.15, 0.2) is 18.2 Å². The number of aryl methyl sites for hydroxylation is 1. The molecule has 0 fully saturated rings. The number of nitrogens with one attached hydrogen (secondary N) is 1. The molecule has 0 saturated carbocycles. The number of likely N-dealkylation sites (N-methyl/N-ethyl adjacent to an activating group) is 1. The number of hydrogen-bond donors (Lipinski definition) is 1. The molecule has 1 aliphatic rings. The number of amides is 1. The second kappa shape index (κ2) is 6.06. The van der Waals surface area contributed by atoms with Crippen LogP contribution in [-0.4, -0.2) is 51.6 Å². The van der Waals surface area contributed by atoms with E-state index in [0.717, 1.165) is 31.5 Å². The van der Waals surface area contributed by atoms with Gasteiger partial charge in [-0.25, -0.2) is 0 Å². The predicted molar refractivity (Wildman–Crippen MR) is 78.9 cm³/mol. The first-order valence-electron chi connectivity index (χ1n) is 6.85. The van der Waals surface area contributed by atoms with Crippen LogP contribution in [0.2, 0.25) is 0 Å². The highest BCUT2D eigenvalue weighted by Crippen LogP contribution is 2.26. The molecule has 19 heavy (non-hydrogen) atoms. The minimum atomic E-state index is 0.0258. The molecule has 0 saturated heterocycles. The maximum atomic E-state index is 12.1. The molecule has 1 aromatic rings. The fourth-order valence-electron chi connectivity index (χ4n) is 2.42. The molecule has 4 heteroatoms. The molecule has 1 N–H and O–H groups in total. The first kappa shape index (κ1) is 13.9. The molecule has 2 rings (SSSR count). The fourth-order valence-corrected chi connectivity index (χ4v) is 2.42. The summed E-state index contributed by atoms with van der Waals surface area (Å²) < 4.78 is 0. The van der Waals surface area contributed by atoms with Crippen LogP contribution in [0, 0.1) is 0 Å². The van der Waals surface area contributed by atoms with E-state index in [1.165, 1.54) is 11.3 Å². The number of nitrogens with zero attached hydrogens (tertiary/aromatic N) is 2. The number of fused-ring (bicyclic) bond motifs is 1. The zero-order valence-corrected chi connectivity index (χ0v) is 12.1. The lowest BCUT2D eigenvalue weighted by molar-refractivity contribution is 0.0951. The van der Waals surface area contributed by atoms with E-state index in [0.29, 0.717) is 6.54 Å². The van der Waals surface area contributed by atoms with Crippen molar-refractivity contribution in [1.82, 2.24) is 10.2 Å². The van der Waals surface area contributed by atoms with E-state index in [-0.39, 0.29) is 5.91 Å². The molecular weight excluding hydrogens is 238 g/mol. The first-order chi connectivity index (χ1) is 9.08. The third kappa shape index (κ3) is 3.47. The molecule has 0 aromatic heterocycles. The highest BCUT2D eigenvalue weighted by Gasteiger charge is 2.15. The zero-order valence-electron chi connectivity index (χ0n) is 12.1. The van der Waals surface area contributed by atoms with Gasteiger partial charge in [0, 0.05) is 37.9 Å². The van der Waals surface area contributed by atoms with Gasteiger partial charge in [0.15, 0.2) is 0 Å². The van der Waals surface area contributed by atoms with Crippen molar-refractivity contribution in [2.75, 3.05) is 45.7 Å². The Morgan fingerprint density at radius 3 is 2.95 bits per heavy atom. The van der Waals surface area contributed by atoms with Gasteiger partial charge in [0.2, 0.25) is 0 Å². The Labute approximate surface area is 115 Å². The van der Waals surface area contributed by atoms with Crippen molar-refractivity contribution >= 4 is 11.6 Å². The van der Waals surface area contributed by atoms with Gasteiger partial charge < -0.3 is 15.1 Å². The van der Waals surface area contributed by atoms with Crippen molar-refractivity contribution in [1.29, 1.82) is 0 Å². The summed E-state index contributed by atoms with van der Waals surface area (Å²) in [5.74, 6) is 0.0258. The average Bonchev–Trinajstić information content (AvgIpc) is 2.38. The van der Waals surface area contributed by atoms with E-state index in [4.69, 9.17) is 0 Å². The van der Waals surface area contributed by atoms with Crippen molar-refractivity contribution in [3.63, 3.8) is 0 Å². The van der Waals surface area contributed by atoms with E-state index in [2.05, 4.69) is 28.2 Å². The van der Waals surface area contributed by atoms with Gasteiger partial charge >= 0.3 is 0 Å². The summed E-state index contributed by atoms with van der Waals surface area (Å²) >= 11 is 0. The van der Waals surface area contributed by atoms with Gasteiger partial charge in [0.05, 0.1) is 0 Å². The first-order valence-corrected chi connectivity index (χ1v) is 6.85. The zero-order chi connectivity index (χ0) is 13.8. The number of carbonyl (C=O) groups excluding carboxylic acids is 1. The van der Waals surface area contributed by atoms with Crippen molar-refractivity contribution in [2.24, 2.45) is 0 Å². The van der Waals surface area contributed by atoms with E-state index in [1.807, 2.05) is 26.2 Å². The summed E-state index contributed by atoms with van der Waals surface area (Å²) in [4.78, 5) is 16.4. The second-order valence-corrected chi connectivity index (χ2v) is 5.43. The molecule has 1 aliphatic heterocycles. The molecule has 4 nitrogen and oxygen atoms in total. The number of carbonyl (C=O) groups is 1. The third-order valence-electron chi connectivity index (χ3n) is 3.54. The molecule has 1 amide bonds. The Morgan fingerprint density at radius 2 is 2.21 bits per heavy atom. The standard InChI is InChI=1S/C15H23N3O/c1-17(2)10-8-16-15(19)13-6-7-14-12(11-13)5-4-9-18(14)3/h6-7,11H,4-5,8-10H2,1-3H3,(H,16,19). The highest BCUT2D eigenvalue weighted by molar-refractivity contribution is 5.95. The summed E-state index contributed by atoms with van der Waals surface area (Å²) in [6.07, 6.45) is 2.23. The molecule has 1 heterocycles. The fraction of sp³-hybridized carbons (Fsp3) is 0.533. The van der Waals surface area contributed by atoms with E-state index >= 15 is 0 Å². The number of benzene rings is 1. The summed E-state index contributed by atoms with van der Waals surface area (Å²) in [5, 5.41) is 2.95. The van der Waals surface area contributed by atoms with Gasteiger partial charge in [-0.15, -0.1) is 0 Å². The molecule has 0 radical (unpaired) electrons. The molecule has 1 aromatic carbocycles. The lowest BCUT2D eigenvalue weighted by Crippen LogP contribution is -2.31. The van der Waals surface area contributed by atoms with Crippen molar-refractivity contribution in [3.05, 3.63) is 29.3 Å². The van der Waals surface area contributed by atoms with Crippen molar-refractivity contribution in [3.8, 4) is 0 Å². The van der Waals surface area contributed by atoms with Gasteiger partial charge in [-0.05, 0) is 50.7 Å². The SMILES string of the molecule is CN(C)CCNC(=O)c1ccc2c(c1)CCCN2C. The Morgan fingerprint density at radius 1 is 1.42 bits per heavy atom. The minimum absolute atomic E-state index is 0.0258. The van der Waals surface area contributed by atoms with Crippen molar-refractivity contribution < 1.29 is 4.79 Å². The highest BCUT2D eigenvalue weighted by atomic mass is 16.1. The minimum Gasteiger partial charge on any atom is -0.374 e. The van der Waals surface area contributed by atoms with Crippen LogP contribution in [0.5, 0.6) is 0 Å². The summed E-state index contributed by atoms with van der Waals surface area (Å²) in [6.45, 7) is 2.64. The Kier molecular flexibility index (Phi) is 4.43. The largest absolute Gasteiger partial charge is 0.374 e. The van der Waals surface area contributed by atoms with Gasteiger partial charge in [-0.2, -0.15) is 0 Å². The van der Waals surface area contributed by atoms with Crippen LogP contribution in [0.3, 0.4) is 0 Å². The average molecular weight is 261 g/mol. The maximum absolute atomic E-state index is 12.1. The van der Waals surface area contributed by atoms with Crippen LogP contribution in [-0.2, 0) is 6.42 Å². The van der Waals surface area contributed by atoms with E-state index in [9.17, 15) is 4.79 Å². The lowest BCUT2D eigenvalue weighted by Gasteiger charge is -2.27. The smallest absolute Gasteiger partial charge is 0.251 e. The molecule has 0 bridgehead atoms. The molecule has 0 atom stereocenters. The van der Waals surface area contributed by atoms with E-state index < -0.39 is 0 Å². The maximum Gasteiger partial charge on any atom is 0.251 e. The predicted octanol–water partition coefficient (Wildman–Crippen LogP) is 1.36. The van der Waals surface area contributed by atoms with Gasteiger partial charge in [-0.1, -0.05) is 0 Å². The number of hydrogen-bond acceptors (Lipinski definition) is 3. The molecule has 104 valence electrons. The number of rotatable bonds is 4. The quantitative estimate of drug-likeness (QED) is 0.889. The molecule has 0 aliphatic carbocycles. The molecule has 0 spiro atoms. The van der Waals surface area contributed by atoms with Crippen LogP contribution >= 0.6 is 0 Å². The normalized spacial score (nSPS) is 14.4. The molecular formula is C15H23N3O. The van der Waals surface area contributed by atoms with Gasteiger partial charge in [0.1, 0.15) is 0 Å². The van der Waals surface area contributed by atoms with E-state index in [1.54, 1.807) is 0 Å². The lowest BCUT2D eigenvalue weighted by atomic mass is 9.99. The Bertz CT molecular complexity index is 457. The van der Waals surface area contributed by atoms with Crippen LogP contribution < -0.4 is 10.2 Å². The van der Waals surface area contributed by atoms with Crippen LogP contribution in [0.4, 0.5) is 5.69 Å². The van der Waals surface area contributed by atoms with Gasteiger partial charge in [-0.3, -0.25) is 4.79 Å². The topological polar surface area (TPSA) is 35.6 Å².